The topological polar surface area (TPSA) is 90.4 Å². The zero-order valence-corrected chi connectivity index (χ0v) is 13.8. The van der Waals surface area contributed by atoms with Crippen molar-refractivity contribution in [2.24, 2.45) is 0 Å². The van der Waals surface area contributed by atoms with E-state index in [2.05, 4.69) is 20.4 Å². The number of aryl methyl sites for hydroxylation is 1. The van der Waals surface area contributed by atoms with Gasteiger partial charge in [0.1, 0.15) is 11.8 Å². The van der Waals surface area contributed by atoms with Gasteiger partial charge in [-0.05, 0) is 42.6 Å². The van der Waals surface area contributed by atoms with Crippen LogP contribution in [0.25, 0.3) is 0 Å². The minimum atomic E-state index is -0.278. The number of nitrogens with zero attached hydrogens (tertiary/aromatic N) is 3. The number of carbonyl (C=O) groups is 1. The molecule has 3 N–H and O–H groups in total. The van der Waals surface area contributed by atoms with Gasteiger partial charge in [-0.2, -0.15) is 0 Å². The molecule has 7 nitrogen and oxygen atoms in total. The molecule has 1 fully saturated rings. The Morgan fingerprint density at radius 2 is 2.13 bits per heavy atom. The summed E-state index contributed by atoms with van der Waals surface area (Å²) < 4.78 is 3.90. The Balaban J connectivity index is 1.60. The molecule has 2 heterocycles. The predicted molar refractivity (Wildman–Crippen MR) is 86.6 cm³/mol. The molecular formula is C15H19N5O2S. The number of rotatable bonds is 4. The number of nitrogens with one attached hydrogen (secondary N) is 2. The van der Waals surface area contributed by atoms with E-state index in [4.69, 9.17) is 0 Å². The number of hydrogen-bond donors (Lipinski definition) is 3. The van der Waals surface area contributed by atoms with Gasteiger partial charge in [-0.1, -0.05) is 16.6 Å². The third-order valence-corrected chi connectivity index (χ3v) is 4.81. The fraction of sp³-hybridized carbons (Fsp3) is 0.400. The van der Waals surface area contributed by atoms with Gasteiger partial charge in [0, 0.05) is 13.1 Å². The van der Waals surface area contributed by atoms with Crippen molar-refractivity contribution >= 4 is 17.4 Å². The first kappa shape index (κ1) is 15.9. The number of phenolic OH excluding ortho intramolecular Hbond substituents is 1. The number of aromatic nitrogens is 2. The Hall–Kier alpha value is -2.03. The SMILES string of the molecule is Cc1nnsc1CN(C)C(=O)C1CC(c2ccc(O)cc2)NN1. The Morgan fingerprint density at radius 1 is 1.39 bits per heavy atom. The van der Waals surface area contributed by atoms with Gasteiger partial charge in [-0.3, -0.25) is 4.79 Å². The van der Waals surface area contributed by atoms with Crippen LogP contribution >= 0.6 is 11.5 Å². The number of phenols is 1. The van der Waals surface area contributed by atoms with Crippen molar-refractivity contribution in [3.63, 3.8) is 0 Å². The van der Waals surface area contributed by atoms with E-state index < -0.39 is 0 Å². The second kappa shape index (κ2) is 6.61. The maximum atomic E-state index is 12.6. The highest BCUT2D eigenvalue weighted by molar-refractivity contribution is 7.05. The average molecular weight is 333 g/mol. The van der Waals surface area contributed by atoms with E-state index >= 15 is 0 Å². The first-order valence-electron chi connectivity index (χ1n) is 7.37. The lowest BCUT2D eigenvalue weighted by atomic mass is 10.0. The van der Waals surface area contributed by atoms with E-state index in [0.717, 1.165) is 16.1 Å². The summed E-state index contributed by atoms with van der Waals surface area (Å²) >= 11 is 1.32. The van der Waals surface area contributed by atoms with Crippen LogP contribution < -0.4 is 10.9 Å². The fourth-order valence-corrected chi connectivity index (χ4v) is 3.28. The van der Waals surface area contributed by atoms with Crippen LogP contribution in [0.5, 0.6) is 5.75 Å². The third kappa shape index (κ3) is 3.49. The maximum absolute atomic E-state index is 12.6. The number of benzene rings is 1. The summed E-state index contributed by atoms with van der Waals surface area (Å²) in [6.07, 6.45) is 0.661. The summed E-state index contributed by atoms with van der Waals surface area (Å²) in [5.74, 6) is 0.271. The molecule has 23 heavy (non-hydrogen) atoms. The smallest absolute Gasteiger partial charge is 0.241 e. The molecule has 0 radical (unpaired) electrons. The Morgan fingerprint density at radius 3 is 2.78 bits per heavy atom. The lowest BCUT2D eigenvalue weighted by Gasteiger charge is -2.20. The van der Waals surface area contributed by atoms with Crippen molar-refractivity contribution < 1.29 is 9.90 Å². The summed E-state index contributed by atoms with van der Waals surface area (Å²) in [7, 11) is 1.79. The number of amides is 1. The number of carbonyl (C=O) groups excluding carboxylic acids is 1. The maximum Gasteiger partial charge on any atom is 0.241 e. The lowest BCUT2D eigenvalue weighted by molar-refractivity contribution is -0.132. The molecular weight excluding hydrogens is 314 g/mol. The van der Waals surface area contributed by atoms with Crippen LogP contribution in [-0.4, -0.2) is 38.6 Å². The molecule has 1 aliphatic heterocycles. The monoisotopic (exact) mass is 333 g/mol. The largest absolute Gasteiger partial charge is 0.508 e. The van der Waals surface area contributed by atoms with Crippen LogP contribution in [0.3, 0.4) is 0 Å². The number of hydrazine groups is 1. The highest BCUT2D eigenvalue weighted by Gasteiger charge is 2.32. The Bertz CT molecular complexity index is 687. The first-order chi connectivity index (χ1) is 11.0. The van der Waals surface area contributed by atoms with E-state index in [1.165, 1.54) is 11.5 Å². The lowest BCUT2D eigenvalue weighted by Crippen LogP contribution is -2.43. The minimum absolute atomic E-state index is 0.0339. The molecule has 0 aliphatic carbocycles. The molecule has 2 atom stereocenters. The third-order valence-electron chi connectivity index (χ3n) is 4.00. The first-order valence-corrected chi connectivity index (χ1v) is 8.14. The van der Waals surface area contributed by atoms with Crippen LogP contribution in [0.4, 0.5) is 0 Å². The molecule has 1 aliphatic rings. The number of likely N-dealkylation sites (N-methyl/N-ethyl adjacent to an activating group) is 1. The van der Waals surface area contributed by atoms with Gasteiger partial charge in [0.05, 0.1) is 17.1 Å². The average Bonchev–Trinajstić information content (AvgIpc) is 3.17. The molecule has 122 valence electrons. The van der Waals surface area contributed by atoms with Crippen LogP contribution in [0.2, 0.25) is 0 Å². The summed E-state index contributed by atoms with van der Waals surface area (Å²) in [5, 5.41) is 13.3. The van der Waals surface area contributed by atoms with Gasteiger partial charge in [0.2, 0.25) is 5.91 Å². The van der Waals surface area contributed by atoms with E-state index in [-0.39, 0.29) is 23.7 Å². The van der Waals surface area contributed by atoms with Crippen molar-refractivity contribution in [3.8, 4) is 5.75 Å². The van der Waals surface area contributed by atoms with E-state index in [9.17, 15) is 9.90 Å². The van der Waals surface area contributed by atoms with Crippen molar-refractivity contribution in [2.75, 3.05) is 7.05 Å². The molecule has 1 saturated heterocycles. The Kier molecular flexibility index (Phi) is 4.56. The van der Waals surface area contributed by atoms with Crippen LogP contribution in [0.15, 0.2) is 24.3 Å². The molecule has 3 rings (SSSR count). The van der Waals surface area contributed by atoms with Crippen molar-refractivity contribution in [1.82, 2.24) is 25.3 Å². The van der Waals surface area contributed by atoms with Gasteiger partial charge in [-0.15, -0.1) is 5.10 Å². The molecule has 2 aromatic rings. The molecule has 8 heteroatoms. The van der Waals surface area contributed by atoms with Gasteiger partial charge in [0.25, 0.3) is 0 Å². The highest BCUT2D eigenvalue weighted by atomic mass is 32.1. The summed E-state index contributed by atoms with van der Waals surface area (Å²) in [6, 6.07) is 6.79. The van der Waals surface area contributed by atoms with Gasteiger partial charge in [0.15, 0.2) is 0 Å². The molecule has 2 unspecified atom stereocenters. The molecule has 1 amide bonds. The molecule has 1 aromatic heterocycles. The van der Waals surface area contributed by atoms with E-state index in [1.807, 2.05) is 19.1 Å². The highest BCUT2D eigenvalue weighted by Crippen LogP contribution is 2.25. The van der Waals surface area contributed by atoms with Crippen molar-refractivity contribution in [2.45, 2.75) is 32.0 Å². The number of aromatic hydroxyl groups is 1. The molecule has 1 aromatic carbocycles. The van der Waals surface area contributed by atoms with Gasteiger partial charge < -0.3 is 10.0 Å². The second-order valence-corrected chi connectivity index (χ2v) is 6.54. The van der Waals surface area contributed by atoms with Crippen LogP contribution in [0.1, 0.15) is 28.6 Å². The fourth-order valence-electron chi connectivity index (χ4n) is 2.60. The van der Waals surface area contributed by atoms with Crippen molar-refractivity contribution in [3.05, 3.63) is 40.4 Å². The number of hydrogen-bond acceptors (Lipinski definition) is 7. The standard InChI is InChI=1S/C15H19N5O2S/c1-9-14(23-19-16-9)8-20(2)15(22)13-7-12(17-18-13)10-3-5-11(21)6-4-10/h3-6,12-13,17-18,21H,7-8H2,1-2H3. The second-order valence-electron chi connectivity index (χ2n) is 5.70. The van der Waals surface area contributed by atoms with Crippen LogP contribution in [-0.2, 0) is 11.3 Å². The normalized spacial score (nSPS) is 20.6. The van der Waals surface area contributed by atoms with Crippen LogP contribution in [0, 0.1) is 6.92 Å². The molecule has 0 spiro atoms. The molecule has 0 saturated carbocycles. The Labute approximate surface area is 138 Å². The minimum Gasteiger partial charge on any atom is -0.508 e. The van der Waals surface area contributed by atoms with E-state index in [1.54, 1.807) is 24.1 Å². The molecule has 0 bridgehead atoms. The quantitative estimate of drug-likeness (QED) is 0.777. The van der Waals surface area contributed by atoms with Gasteiger partial charge >= 0.3 is 0 Å². The summed E-state index contributed by atoms with van der Waals surface area (Å²) in [4.78, 5) is 15.3. The van der Waals surface area contributed by atoms with Gasteiger partial charge in [-0.25, -0.2) is 10.9 Å². The summed E-state index contributed by atoms with van der Waals surface area (Å²) in [6.45, 7) is 2.41. The zero-order chi connectivity index (χ0) is 16.4. The van der Waals surface area contributed by atoms with E-state index in [0.29, 0.717) is 13.0 Å². The summed E-state index contributed by atoms with van der Waals surface area (Å²) in [5.41, 5.74) is 8.12. The zero-order valence-electron chi connectivity index (χ0n) is 13.0. The predicted octanol–water partition coefficient (Wildman–Crippen LogP) is 1.12. The van der Waals surface area contributed by atoms with Crippen molar-refractivity contribution in [1.29, 1.82) is 0 Å².